The van der Waals surface area contributed by atoms with Crippen LogP contribution in [-0.2, 0) is 9.53 Å². The molecule has 1 aromatic carbocycles. The Morgan fingerprint density at radius 1 is 1.28 bits per heavy atom. The van der Waals surface area contributed by atoms with Gasteiger partial charge in [0, 0.05) is 16.3 Å². The zero-order chi connectivity index (χ0) is 12.7. The van der Waals surface area contributed by atoms with Crippen molar-refractivity contribution in [1.29, 1.82) is 0 Å². The summed E-state index contributed by atoms with van der Waals surface area (Å²) in [6, 6.07) is 8.27. The number of halogens is 1. The Hall–Kier alpha value is -1.09. The summed E-state index contributed by atoms with van der Waals surface area (Å²) in [5, 5.41) is 0. The van der Waals surface area contributed by atoms with Crippen LogP contribution in [0.5, 0.6) is 0 Å². The van der Waals surface area contributed by atoms with Gasteiger partial charge in [0.15, 0.2) is 5.76 Å². The average Bonchev–Trinajstić information content (AvgIpc) is 2.64. The number of Topliss-reactive ketones (excluding diaryl/α,β-unsaturated/α-hetero) is 1. The van der Waals surface area contributed by atoms with Crippen LogP contribution in [0.25, 0.3) is 0 Å². The van der Waals surface area contributed by atoms with E-state index >= 15 is 0 Å². The van der Waals surface area contributed by atoms with Crippen LogP contribution in [0.2, 0.25) is 0 Å². The molecule has 0 spiro atoms. The average molecular weight is 307 g/mol. The molecular weight excluding hydrogens is 292 g/mol. The van der Waals surface area contributed by atoms with E-state index in [1.165, 1.54) is 11.1 Å². The molecule has 18 heavy (non-hydrogen) atoms. The molecule has 2 nitrogen and oxygen atoms in total. The van der Waals surface area contributed by atoms with E-state index in [9.17, 15) is 4.79 Å². The third kappa shape index (κ3) is 1.81. The van der Waals surface area contributed by atoms with Gasteiger partial charge in [0.2, 0.25) is 5.78 Å². The second-order valence-electron chi connectivity index (χ2n) is 4.99. The van der Waals surface area contributed by atoms with Crippen LogP contribution < -0.4 is 0 Å². The molecule has 94 valence electrons. The van der Waals surface area contributed by atoms with Crippen LogP contribution in [-0.4, -0.2) is 12.4 Å². The molecule has 0 bridgehead atoms. The van der Waals surface area contributed by atoms with Crippen molar-refractivity contribution in [2.24, 2.45) is 5.92 Å². The molecule has 0 saturated carbocycles. The maximum atomic E-state index is 12.2. The van der Waals surface area contributed by atoms with Crippen LogP contribution in [0.1, 0.15) is 31.2 Å². The van der Waals surface area contributed by atoms with Gasteiger partial charge in [0.05, 0.1) is 6.61 Å². The smallest absolute Gasteiger partial charge is 0.201 e. The molecule has 0 radical (unpaired) electrons. The number of hydrogen-bond acceptors (Lipinski definition) is 2. The first kappa shape index (κ1) is 12.0. The highest BCUT2D eigenvalue weighted by atomic mass is 79.9. The minimum Gasteiger partial charge on any atom is -0.490 e. The van der Waals surface area contributed by atoms with Crippen molar-refractivity contribution in [1.82, 2.24) is 0 Å². The maximum absolute atomic E-state index is 12.2. The van der Waals surface area contributed by atoms with Gasteiger partial charge < -0.3 is 4.74 Å². The van der Waals surface area contributed by atoms with E-state index in [-0.39, 0.29) is 17.6 Å². The van der Waals surface area contributed by atoms with Crippen molar-refractivity contribution in [3.63, 3.8) is 0 Å². The molecule has 0 amide bonds. The summed E-state index contributed by atoms with van der Waals surface area (Å²) in [4.78, 5) is 12.2. The van der Waals surface area contributed by atoms with Gasteiger partial charge in [-0.1, -0.05) is 35.0 Å². The standard InChI is InChI=1S/C15H15BrO2/c1-9-13(10-4-6-11(16)7-5-10)12-3-2-8-18-15(12)14(9)17/h4-7,9,13H,2-3,8H2,1H3/t9?,13-/m1/s1. The van der Waals surface area contributed by atoms with Crippen LogP contribution in [0.15, 0.2) is 40.1 Å². The first-order valence-electron chi connectivity index (χ1n) is 6.34. The zero-order valence-corrected chi connectivity index (χ0v) is 11.9. The van der Waals surface area contributed by atoms with Gasteiger partial charge in [0.1, 0.15) is 0 Å². The Kier molecular flexibility index (Phi) is 3.02. The summed E-state index contributed by atoms with van der Waals surface area (Å²) >= 11 is 3.45. The molecule has 0 saturated heterocycles. The quantitative estimate of drug-likeness (QED) is 0.788. The van der Waals surface area contributed by atoms with E-state index in [0.717, 1.165) is 17.3 Å². The molecule has 2 aliphatic rings. The normalized spacial score (nSPS) is 27.1. The number of carbonyl (C=O) groups is 1. The van der Waals surface area contributed by atoms with E-state index in [1.807, 2.05) is 19.1 Å². The van der Waals surface area contributed by atoms with Gasteiger partial charge in [-0.3, -0.25) is 4.79 Å². The second kappa shape index (κ2) is 4.54. The fourth-order valence-electron chi connectivity index (χ4n) is 2.99. The number of carbonyl (C=O) groups excluding carboxylic acids is 1. The molecule has 3 heteroatoms. The number of allylic oxidation sites excluding steroid dienone is 2. The minimum absolute atomic E-state index is 0.00859. The highest BCUT2D eigenvalue weighted by Crippen LogP contribution is 2.45. The molecule has 0 aromatic heterocycles. The molecule has 1 aliphatic carbocycles. The van der Waals surface area contributed by atoms with Crippen LogP contribution in [0.3, 0.4) is 0 Å². The van der Waals surface area contributed by atoms with Crippen molar-refractivity contribution >= 4 is 21.7 Å². The lowest BCUT2D eigenvalue weighted by Gasteiger charge is -2.21. The summed E-state index contributed by atoms with van der Waals surface area (Å²) in [6.07, 6.45) is 2.01. The Morgan fingerprint density at radius 3 is 2.72 bits per heavy atom. The van der Waals surface area contributed by atoms with Crippen molar-refractivity contribution < 1.29 is 9.53 Å². The number of hydrogen-bond donors (Lipinski definition) is 0. The number of rotatable bonds is 1. The van der Waals surface area contributed by atoms with E-state index in [0.29, 0.717) is 12.4 Å². The molecule has 1 unspecified atom stereocenters. The largest absolute Gasteiger partial charge is 0.490 e. The lowest BCUT2D eigenvalue weighted by molar-refractivity contribution is -0.121. The molecular formula is C15H15BrO2. The van der Waals surface area contributed by atoms with Crippen molar-refractivity contribution in [2.75, 3.05) is 6.61 Å². The monoisotopic (exact) mass is 306 g/mol. The summed E-state index contributed by atoms with van der Waals surface area (Å²) in [5.74, 6) is 1.05. The molecule has 1 heterocycles. The predicted octanol–water partition coefficient (Wildman–Crippen LogP) is 3.82. The Morgan fingerprint density at radius 2 is 2.00 bits per heavy atom. The molecule has 1 aliphatic heterocycles. The SMILES string of the molecule is CC1C(=O)C2=C(CCCO2)[C@H]1c1ccc(Br)cc1. The van der Waals surface area contributed by atoms with E-state index in [1.54, 1.807) is 0 Å². The Labute approximate surface area is 115 Å². The van der Waals surface area contributed by atoms with Crippen LogP contribution in [0, 0.1) is 5.92 Å². The summed E-state index contributed by atoms with van der Waals surface area (Å²) in [7, 11) is 0. The molecule has 0 N–H and O–H groups in total. The molecule has 1 aromatic rings. The fraction of sp³-hybridized carbons (Fsp3) is 0.400. The minimum atomic E-state index is 0.00859. The third-order valence-electron chi connectivity index (χ3n) is 3.87. The lowest BCUT2D eigenvalue weighted by atomic mass is 9.84. The van der Waals surface area contributed by atoms with Gasteiger partial charge in [-0.15, -0.1) is 0 Å². The first-order valence-corrected chi connectivity index (χ1v) is 7.13. The molecule has 0 fully saturated rings. The first-order chi connectivity index (χ1) is 8.68. The second-order valence-corrected chi connectivity index (χ2v) is 5.90. The van der Waals surface area contributed by atoms with Crippen LogP contribution >= 0.6 is 15.9 Å². The predicted molar refractivity (Wildman–Crippen MR) is 73.3 cm³/mol. The highest BCUT2D eigenvalue weighted by molar-refractivity contribution is 9.10. The lowest BCUT2D eigenvalue weighted by Crippen LogP contribution is -2.13. The summed E-state index contributed by atoms with van der Waals surface area (Å²) in [5.41, 5.74) is 2.43. The van der Waals surface area contributed by atoms with E-state index in [4.69, 9.17) is 4.74 Å². The third-order valence-corrected chi connectivity index (χ3v) is 4.40. The molecule has 2 atom stereocenters. The van der Waals surface area contributed by atoms with E-state index < -0.39 is 0 Å². The summed E-state index contributed by atoms with van der Waals surface area (Å²) in [6.45, 7) is 2.70. The Balaban J connectivity index is 2.03. The zero-order valence-electron chi connectivity index (χ0n) is 10.3. The van der Waals surface area contributed by atoms with Gasteiger partial charge in [-0.25, -0.2) is 0 Å². The van der Waals surface area contributed by atoms with Crippen molar-refractivity contribution in [3.8, 4) is 0 Å². The van der Waals surface area contributed by atoms with Gasteiger partial charge in [-0.2, -0.15) is 0 Å². The van der Waals surface area contributed by atoms with Crippen LogP contribution in [0.4, 0.5) is 0 Å². The van der Waals surface area contributed by atoms with Gasteiger partial charge >= 0.3 is 0 Å². The highest BCUT2D eigenvalue weighted by Gasteiger charge is 2.42. The maximum Gasteiger partial charge on any atom is 0.201 e. The number of benzene rings is 1. The Bertz CT molecular complexity index is 516. The fourth-order valence-corrected chi connectivity index (χ4v) is 3.25. The number of ketones is 1. The van der Waals surface area contributed by atoms with E-state index in [2.05, 4.69) is 28.1 Å². The summed E-state index contributed by atoms with van der Waals surface area (Å²) < 4.78 is 6.65. The van der Waals surface area contributed by atoms with Gasteiger partial charge in [-0.05, 0) is 36.1 Å². The molecule has 3 rings (SSSR count). The topological polar surface area (TPSA) is 26.3 Å². The van der Waals surface area contributed by atoms with Gasteiger partial charge in [0.25, 0.3) is 0 Å². The number of ether oxygens (including phenoxy) is 1. The van der Waals surface area contributed by atoms with Crippen molar-refractivity contribution in [3.05, 3.63) is 45.6 Å². The van der Waals surface area contributed by atoms with Crippen molar-refractivity contribution in [2.45, 2.75) is 25.7 Å².